The molecular formula is C31H23F3N4O6S2. The Balaban J connectivity index is 1.33. The molecule has 3 atom stereocenters. The van der Waals surface area contributed by atoms with Crippen LogP contribution < -0.4 is 15.1 Å². The van der Waals surface area contributed by atoms with Crippen molar-refractivity contribution in [3.63, 3.8) is 0 Å². The number of hydrogen-bond donors (Lipinski definition) is 1. The zero-order valence-electron chi connectivity index (χ0n) is 23.8. The van der Waals surface area contributed by atoms with Crippen LogP contribution in [0.2, 0.25) is 0 Å². The van der Waals surface area contributed by atoms with E-state index in [1.165, 1.54) is 47.3 Å². The molecule has 6 rings (SSSR count). The number of carbonyl (C=O) groups excluding carboxylic acids is 4. The molecule has 15 heteroatoms. The van der Waals surface area contributed by atoms with Crippen molar-refractivity contribution >= 4 is 58.2 Å². The van der Waals surface area contributed by atoms with Crippen LogP contribution >= 0.6 is 23.1 Å². The highest BCUT2D eigenvalue weighted by Gasteiger charge is 2.57. The number of nitrogens with one attached hydrogen (secondary N) is 1. The molecular weight excluding hydrogens is 645 g/mol. The lowest BCUT2D eigenvalue weighted by Gasteiger charge is -2.30. The van der Waals surface area contributed by atoms with Gasteiger partial charge in [0.1, 0.15) is 11.8 Å². The standard InChI is InChI=1S/C31H23F3N4O6S2/c1-2-44-29(42)16-8-10-19(11-9-16)36-21(39)15-37-28-25(46-30(37)43)22(17-5-4-12-35-14-17)23-24(45-28)27(41)38(26(23)40)20-7-3-6-18(13-20)31(32,33)34/h3-14,22-24H,2,15H2,1H3,(H,36,39). The van der Waals surface area contributed by atoms with Crippen LogP contribution in [0.5, 0.6) is 0 Å². The van der Waals surface area contributed by atoms with Crippen molar-refractivity contribution in [3.05, 3.63) is 104 Å². The van der Waals surface area contributed by atoms with Gasteiger partial charge in [0.25, 0.3) is 0 Å². The number of pyridine rings is 1. The van der Waals surface area contributed by atoms with Crippen molar-refractivity contribution in [3.8, 4) is 0 Å². The molecule has 46 heavy (non-hydrogen) atoms. The molecule has 0 bridgehead atoms. The van der Waals surface area contributed by atoms with Gasteiger partial charge < -0.3 is 10.1 Å². The smallest absolute Gasteiger partial charge is 0.416 e. The molecule has 10 nitrogen and oxygen atoms in total. The van der Waals surface area contributed by atoms with Crippen molar-refractivity contribution in [1.29, 1.82) is 0 Å². The van der Waals surface area contributed by atoms with Crippen molar-refractivity contribution in [2.45, 2.75) is 35.8 Å². The van der Waals surface area contributed by atoms with Gasteiger partial charge in [-0.05, 0) is 61.0 Å². The SMILES string of the molecule is CCOC(=O)c1ccc(NC(=O)Cn2c3c(sc2=O)C(c2cccnc2)C2C(=O)N(c4cccc(C(F)(F)F)c4)C(=O)C2S3)cc1. The summed E-state index contributed by atoms with van der Waals surface area (Å²) in [5, 5.41) is 1.90. The Kier molecular flexibility index (Phi) is 8.29. The van der Waals surface area contributed by atoms with Crippen LogP contribution in [0.3, 0.4) is 0 Å². The summed E-state index contributed by atoms with van der Waals surface area (Å²) < 4.78 is 46.6. The minimum Gasteiger partial charge on any atom is -0.462 e. The fraction of sp³-hybridized carbons (Fsp3) is 0.226. The van der Waals surface area contributed by atoms with E-state index < -0.39 is 63.9 Å². The molecule has 0 aliphatic carbocycles. The van der Waals surface area contributed by atoms with E-state index >= 15 is 0 Å². The van der Waals surface area contributed by atoms with Gasteiger partial charge in [-0.2, -0.15) is 13.2 Å². The predicted molar refractivity (Wildman–Crippen MR) is 163 cm³/mol. The third kappa shape index (κ3) is 5.71. The van der Waals surface area contributed by atoms with Crippen molar-refractivity contribution in [2.24, 2.45) is 5.92 Å². The number of aromatic nitrogens is 2. The van der Waals surface area contributed by atoms with Crippen LogP contribution in [-0.4, -0.2) is 45.1 Å². The summed E-state index contributed by atoms with van der Waals surface area (Å²) in [5.74, 6) is -4.36. The van der Waals surface area contributed by atoms with E-state index in [9.17, 15) is 37.1 Å². The molecule has 0 spiro atoms. The molecule has 3 amide bonds. The average Bonchev–Trinajstić information content (AvgIpc) is 3.47. The molecule has 2 aliphatic rings. The summed E-state index contributed by atoms with van der Waals surface area (Å²) in [7, 11) is 0. The number of halogens is 3. The van der Waals surface area contributed by atoms with Gasteiger partial charge in [-0.1, -0.05) is 35.2 Å². The molecule has 1 N–H and O–H groups in total. The number of anilines is 2. The molecule has 0 radical (unpaired) electrons. The normalized spacial score (nSPS) is 19.0. The number of esters is 1. The van der Waals surface area contributed by atoms with Crippen LogP contribution in [0.15, 0.2) is 82.9 Å². The van der Waals surface area contributed by atoms with Crippen LogP contribution in [-0.2, 0) is 31.8 Å². The first-order valence-electron chi connectivity index (χ1n) is 13.9. The van der Waals surface area contributed by atoms with Crippen LogP contribution in [0.4, 0.5) is 24.5 Å². The number of hydrogen-bond acceptors (Lipinski definition) is 9. The number of alkyl halides is 3. The van der Waals surface area contributed by atoms with Gasteiger partial charge in [0.2, 0.25) is 17.7 Å². The van der Waals surface area contributed by atoms with Crippen LogP contribution in [0, 0.1) is 5.92 Å². The third-order valence-electron chi connectivity index (χ3n) is 7.51. The summed E-state index contributed by atoms with van der Waals surface area (Å²) in [4.78, 5) is 70.9. The van der Waals surface area contributed by atoms with Gasteiger partial charge in [0.15, 0.2) is 0 Å². The Bertz CT molecular complexity index is 1910. The van der Waals surface area contributed by atoms with Crippen molar-refractivity contribution in [2.75, 3.05) is 16.8 Å². The number of benzene rings is 2. The predicted octanol–water partition coefficient (Wildman–Crippen LogP) is 4.93. The first-order valence-corrected chi connectivity index (χ1v) is 15.6. The molecule has 2 aromatic carbocycles. The number of nitrogens with zero attached hydrogens (tertiary/aromatic N) is 3. The number of fused-ring (bicyclic) bond motifs is 2. The Hall–Kier alpha value is -4.76. The van der Waals surface area contributed by atoms with Crippen molar-refractivity contribution < 1.29 is 37.1 Å². The van der Waals surface area contributed by atoms with Gasteiger partial charge in [-0.3, -0.25) is 28.7 Å². The summed E-state index contributed by atoms with van der Waals surface area (Å²) in [5.41, 5.74) is -0.0225. The monoisotopic (exact) mass is 668 g/mol. The summed E-state index contributed by atoms with van der Waals surface area (Å²) in [6.07, 6.45) is -1.66. The highest BCUT2D eigenvalue weighted by atomic mass is 32.2. The second-order valence-corrected chi connectivity index (χ2v) is 12.5. The Morgan fingerprint density at radius 3 is 2.46 bits per heavy atom. The van der Waals surface area contributed by atoms with Gasteiger partial charge in [-0.25, -0.2) is 9.69 Å². The lowest BCUT2D eigenvalue weighted by molar-refractivity contribution is -0.137. The van der Waals surface area contributed by atoms with Crippen LogP contribution in [0.25, 0.3) is 0 Å². The van der Waals surface area contributed by atoms with E-state index in [1.54, 1.807) is 19.1 Å². The number of carbonyl (C=O) groups is 4. The third-order valence-corrected chi connectivity index (χ3v) is 10.1. The molecule has 2 aliphatic heterocycles. The minimum absolute atomic E-state index is 0.209. The van der Waals surface area contributed by atoms with E-state index in [0.717, 1.165) is 46.2 Å². The Morgan fingerprint density at radius 2 is 1.78 bits per heavy atom. The van der Waals surface area contributed by atoms with Gasteiger partial charge in [0.05, 0.1) is 34.4 Å². The summed E-state index contributed by atoms with van der Waals surface area (Å²) >= 11 is 1.77. The maximum Gasteiger partial charge on any atom is 0.416 e. The van der Waals surface area contributed by atoms with Gasteiger partial charge >= 0.3 is 17.0 Å². The first kappa shape index (κ1) is 31.2. The van der Waals surface area contributed by atoms with Gasteiger partial charge in [-0.15, -0.1) is 0 Å². The number of imide groups is 1. The fourth-order valence-electron chi connectivity index (χ4n) is 5.50. The average molecular weight is 669 g/mol. The summed E-state index contributed by atoms with van der Waals surface area (Å²) in [6.45, 7) is 1.47. The van der Waals surface area contributed by atoms with E-state index in [1.807, 2.05) is 0 Å². The highest BCUT2D eigenvalue weighted by molar-refractivity contribution is 8.00. The minimum atomic E-state index is -4.69. The van der Waals surface area contributed by atoms with Gasteiger partial charge in [0, 0.05) is 28.9 Å². The van der Waals surface area contributed by atoms with E-state index in [4.69, 9.17) is 4.74 Å². The number of thioether (sulfide) groups is 1. The number of rotatable bonds is 7. The maximum absolute atomic E-state index is 13.9. The Labute approximate surface area is 267 Å². The lowest BCUT2D eigenvalue weighted by Crippen LogP contribution is -2.33. The molecule has 1 fully saturated rings. The molecule has 4 aromatic rings. The quantitative estimate of drug-likeness (QED) is 0.217. The van der Waals surface area contributed by atoms with Crippen LogP contribution in [0.1, 0.15) is 39.2 Å². The number of amides is 3. The topological polar surface area (TPSA) is 128 Å². The highest BCUT2D eigenvalue weighted by Crippen LogP contribution is 2.54. The molecule has 2 aromatic heterocycles. The molecule has 4 heterocycles. The van der Waals surface area contributed by atoms with E-state index in [-0.39, 0.29) is 12.3 Å². The largest absolute Gasteiger partial charge is 0.462 e. The lowest BCUT2D eigenvalue weighted by atomic mass is 9.84. The first-order chi connectivity index (χ1) is 22.0. The second kappa shape index (κ2) is 12.2. The Morgan fingerprint density at radius 1 is 1.02 bits per heavy atom. The zero-order chi connectivity index (χ0) is 32.7. The maximum atomic E-state index is 13.9. The zero-order valence-corrected chi connectivity index (χ0v) is 25.4. The second-order valence-electron chi connectivity index (χ2n) is 10.4. The van der Waals surface area contributed by atoms with E-state index in [2.05, 4.69) is 10.3 Å². The van der Waals surface area contributed by atoms with Crippen molar-refractivity contribution in [1.82, 2.24) is 9.55 Å². The molecule has 236 valence electrons. The molecule has 3 unspecified atom stereocenters. The fourth-order valence-corrected chi connectivity index (χ4v) is 8.27. The number of thiazole rings is 1. The summed E-state index contributed by atoms with van der Waals surface area (Å²) in [6, 6.07) is 13.3. The molecule has 0 saturated carbocycles. The van der Waals surface area contributed by atoms with E-state index in [0.29, 0.717) is 26.7 Å². The molecule has 1 saturated heterocycles. The number of ether oxygens (including phenoxy) is 1.